The first-order chi connectivity index (χ1) is 9.25. The van der Waals surface area contributed by atoms with Crippen molar-refractivity contribution in [2.45, 2.75) is 57.5 Å². The quantitative estimate of drug-likeness (QED) is 0.795. The van der Waals surface area contributed by atoms with Gasteiger partial charge in [0.2, 0.25) is 0 Å². The van der Waals surface area contributed by atoms with Crippen LogP contribution in [0.5, 0.6) is 0 Å². The number of carboxylic acids is 1. The molecule has 19 heavy (non-hydrogen) atoms. The molecule has 3 heteroatoms. The van der Waals surface area contributed by atoms with Crippen molar-refractivity contribution in [3.05, 3.63) is 12.2 Å². The van der Waals surface area contributed by atoms with E-state index in [0.717, 1.165) is 32.1 Å². The van der Waals surface area contributed by atoms with Crippen LogP contribution in [0.4, 0.5) is 0 Å². The van der Waals surface area contributed by atoms with E-state index in [1.165, 1.54) is 12.8 Å². The highest BCUT2D eigenvalue weighted by atomic mass is 16.5. The van der Waals surface area contributed by atoms with E-state index in [2.05, 4.69) is 12.2 Å². The minimum atomic E-state index is -0.644. The van der Waals surface area contributed by atoms with Crippen LogP contribution in [0.2, 0.25) is 0 Å². The summed E-state index contributed by atoms with van der Waals surface area (Å²) in [6.07, 6.45) is 13.1. The second-order valence-corrected chi connectivity index (χ2v) is 6.40. The fourth-order valence-corrected chi connectivity index (χ4v) is 3.97. The van der Waals surface area contributed by atoms with E-state index >= 15 is 0 Å². The van der Waals surface area contributed by atoms with Crippen molar-refractivity contribution in [2.75, 3.05) is 6.61 Å². The molecule has 1 saturated heterocycles. The molecule has 1 saturated carbocycles. The molecule has 3 nitrogen and oxygen atoms in total. The van der Waals surface area contributed by atoms with Gasteiger partial charge in [-0.1, -0.05) is 25.0 Å². The Kier molecular flexibility index (Phi) is 3.66. The minimum Gasteiger partial charge on any atom is -0.481 e. The number of carbonyl (C=O) groups is 1. The Morgan fingerprint density at radius 1 is 1.21 bits per heavy atom. The molecule has 3 rings (SSSR count). The second-order valence-electron chi connectivity index (χ2n) is 6.40. The van der Waals surface area contributed by atoms with Gasteiger partial charge in [-0.2, -0.15) is 0 Å². The van der Waals surface area contributed by atoms with Gasteiger partial charge in [-0.15, -0.1) is 0 Å². The molecule has 0 aromatic rings. The minimum absolute atomic E-state index is 0.0425. The van der Waals surface area contributed by atoms with Crippen LogP contribution in [0.3, 0.4) is 0 Å². The van der Waals surface area contributed by atoms with Crippen molar-refractivity contribution in [1.29, 1.82) is 0 Å². The first kappa shape index (κ1) is 13.2. The molecule has 0 amide bonds. The second kappa shape index (κ2) is 5.28. The van der Waals surface area contributed by atoms with Gasteiger partial charge in [-0.05, 0) is 50.4 Å². The van der Waals surface area contributed by atoms with Gasteiger partial charge in [0.15, 0.2) is 0 Å². The fraction of sp³-hybridized carbons (Fsp3) is 0.812. The Labute approximate surface area is 115 Å². The largest absolute Gasteiger partial charge is 0.481 e. The molecule has 106 valence electrons. The van der Waals surface area contributed by atoms with Gasteiger partial charge in [0.25, 0.3) is 0 Å². The number of allylic oxidation sites excluding steroid dienone is 2. The lowest BCUT2D eigenvalue weighted by Gasteiger charge is -2.36. The van der Waals surface area contributed by atoms with Gasteiger partial charge >= 0.3 is 5.97 Å². The molecule has 1 aliphatic heterocycles. The summed E-state index contributed by atoms with van der Waals surface area (Å²) in [6.45, 7) is 0.623. The number of ether oxygens (including phenoxy) is 1. The van der Waals surface area contributed by atoms with Crippen molar-refractivity contribution >= 4 is 5.97 Å². The molecule has 3 unspecified atom stereocenters. The molecule has 0 bridgehead atoms. The molecular weight excluding hydrogens is 240 g/mol. The first-order valence-corrected chi connectivity index (χ1v) is 7.77. The number of carboxylic acid groups (broad SMARTS) is 1. The maximum atomic E-state index is 12.0. The van der Waals surface area contributed by atoms with Gasteiger partial charge in [0, 0.05) is 6.61 Å². The molecule has 0 spiro atoms. The zero-order valence-electron chi connectivity index (χ0n) is 11.5. The maximum Gasteiger partial charge on any atom is 0.312 e. The molecule has 0 aromatic heterocycles. The Hall–Kier alpha value is -0.830. The molecular formula is C16H24O3. The molecule has 0 radical (unpaired) electrons. The van der Waals surface area contributed by atoms with Gasteiger partial charge in [-0.3, -0.25) is 4.79 Å². The van der Waals surface area contributed by atoms with Crippen molar-refractivity contribution in [2.24, 2.45) is 17.3 Å². The van der Waals surface area contributed by atoms with Gasteiger partial charge in [0.05, 0.1) is 6.10 Å². The predicted molar refractivity (Wildman–Crippen MR) is 72.9 cm³/mol. The Morgan fingerprint density at radius 2 is 2.05 bits per heavy atom. The van der Waals surface area contributed by atoms with E-state index < -0.39 is 11.4 Å². The smallest absolute Gasteiger partial charge is 0.312 e. The van der Waals surface area contributed by atoms with Crippen LogP contribution in [-0.2, 0) is 9.53 Å². The van der Waals surface area contributed by atoms with Gasteiger partial charge in [-0.25, -0.2) is 0 Å². The molecule has 3 atom stereocenters. The van der Waals surface area contributed by atoms with Gasteiger partial charge in [0.1, 0.15) is 5.41 Å². The lowest BCUT2D eigenvalue weighted by molar-refractivity contribution is -0.157. The molecule has 2 fully saturated rings. The van der Waals surface area contributed by atoms with Crippen LogP contribution >= 0.6 is 0 Å². The molecule has 1 heterocycles. The SMILES string of the molecule is O=C(O)C1(C2/C=C/CCCCC2)CCOC1C1CC1. The van der Waals surface area contributed by atoms with E-state index in [4.69, 9.17) is 4.74 Å². The Bertz CT molecular complexity index is 372. The number of hydrogen-bond acceptors (Lipinski definition) is 2. The zero-order valence-corrected chi connectivity index (χ0v) is 11.5. The van der Waals surface area contributed by atoms with Crippen molar-refractivity contribution in [3.8, 4) is 0 Å². The summed E-state index contributed by atoms with van der Waals surface area (Å²) < 4.78 is 5.86. The van der Waals surface area contributed by atoms with Crippen molar-refractivity contribution in [1.82, 2.24) is 0 Å². The third-order valence-electron chi connectivity index (χ3n) is 5.19. The van der Waals surface area contributed by atoms with Crippen LogP contribution in [0.1, 0.15) is 51.4 Å². The van der Waals surface area contributed by atoms with Crippen LogP contribution in [0.25, 0.3) is 0 Å². The van der Waals surface area contributed by atoms with Crippen molar-refractivity contribution < 1.29 is 14.6 Å². The number of rotatable bonds is 3. The van der Waals surface area contributed by atoms with E-state index in [1.807, 2.05) is 0 Å². The third-order valence-corrected chi connectivity index (χ3v) is 5.19. The van der Waals surface area contributed by atoms with E-state index in [-0.39, 0.29) is 12.0 Å². The molecule has 1 N–H and O–H groups in total. The van der Waals surface area contributed by atoms with Gasteiger partial charge < -0.3 is 9.84 Å². The van der Waals surface area contributed by atoms with Crippen LogP contribution in [-0.4, -0.2) is 23.8 Å². The zero-order chi connectivity index (χ0) is 13.3. The highest BCUT2D eigenvalue weighted by Crippen LogP contribution is 2.53. The van der Waals surface area contributed by atoms with Crippen LogP contribution in [0.15, 0.2) is 12.2 Å². The predicted octanol–water partition coefficient (Wildman–Crippen LogP) is 3.39. The number of hydrogen-bond donors (Lipinski definition) is 1. The van der Waals surface area contributed by atoms with E-state index in [0.29, 0.717) is 18.9 Å². The summed E-state index contributed by atoms with van der Waals surface area (Å²) in [6, 6.07) is 0. The average Bonchev–Trinajstić information content (AvgIpc) is 3.08. The fourth-order valence-electron chi connectivity index (χ4n) is 3.97. The Balaban J connectivity index is 1.89. The first-order valence-electron chi connectivity index (χ1n) is 7.77. The summed E-state index contributed by atoms with van der Waals surface area (Å²) in [4.78, 5) is 12.0. The van der Waals surface area contributed by atoms with Crippen LogP contribution < -0.4 is 0 Å². The molecule has 3 aliphatic rings. The highest BCUT2D eigenvalue weighted by Gasteiger charge is 2.58. The molecule has 2 aliphatic carbocycles. The normalized spacial score (nSPS) is 41.5. The lowest BCUT2D eigenvalue weighted by atomic mass is 9.66. The third kappa shape index (κ3) is 2.33. The average molecular weight is 264 g/mol. The monoisotopic (exact) mass is 264 g/mol. The number of aliphatic carboxylic acids is 1. The summed E-state index contributed by atoms with van der Waals surface area (Å²) in [7, 11) is 0. The topological polar surface area (TPSA) is 46.5 Å². The maximum absolute atomic E-state index is 12.0. The summed E-state index contributed by atoms with van der Waals surface area (Å²) in [5, 5.41) is 9.91. The summed E-state index contributed by atoms with van der Waals surface area (Å²) in [5.74, 6) is 0.0352. The van der Waals surface area contributed by atoms with Crippen LogP contribution in [0, 0.1) is 17.3 Å². The summed E-state index contributed by atoms with van der Waals surface area (Å²) >= 11 is 0. The Morgan fingerprint density at radius 3 is 2.79 bits per heavy atom. The summed E-state index contributed by atoms with van der Waals surface area (Å²) in [5.41, 5.74) is -0.644. The van der Waals surface area contributed by atoms with Crippen molar-refractivity contribution in [3.63, 3.8) is 0 Å². The highest BCUT2D eigenvalue weighted by molar-refractivity contribution is 5.77. The molecule has 0 aromatic carbocycles. The van der Waals surface area contributed by atoms with E-state index in [1.54, 1.807) is 0 Å². The van der Waals surface area contributed by atoms with E-state index in [9.17, 15) is 9.90 Å². The standard InChI is InChI=1S/C16H24O3/c17-15(18)16(10-11-19-14(16)12-8-9-12)13-6-4-2-1-3-5-7-13/h4,6,12-14H,1-3,5,7-11H2,(H,17,18)/b6-4+. The lowest BCUT2D eigenvalue weighted by Crippen LogP contribution is -2.46.